The number of rotatable bonds is 4. The third kappa shape index (κ3) is 3.69. The molecule has 1 saturated carbocycles. The molecule has 1 unspecified atom stereocenters. The maximum Gasteiger partial charge on any atom is 0.287 e. The predicted molar refractivity (Wildman–Crippen MR) is 109 cm³/mol. The molecule has 0 radical (unpaired) electrons. The number of hydrogen-bond acceptors (Lipinski definition) is 4. The fraction of sp³-hybridized carbons (Fsp3) is 0.652. The lowest BCUT2D eigenvalue weighted by atomic mass is 9.84. The fourth-order valence-corrected chi connectivity index (χ4v) is 5.22. The molecule has 1 spiro atoms. The van der Waals surface area contributed by atoms with Crippen LogP contribution in [0.15, 0.2) is 29.3 Å². The van der Waals surface area contributed by atoms with Crippen molar-refractivity contribution in [3.8, 4) is 0 Å². The smallest absolute Gasteiger partial charge is 0.287 e. The zero-order chi connectivity index (χ0) is 19.6. The standard InChI is InChI=1S/C23H32N2O3/c1-22(17-26,15-18-7-3-4-8-18)28-21(24-2)25-13-11-23(12-14-25)20-10-6-5-9-19(20)16-27-23/h5-6,9-10,17-18H,3-4,7-8,11-16H2,1-2H3/b24-21-. The Bertz CT molecular complexity index is 733. The molecule has 5 nitrogen and oxygen atoms in total. The summed E-state index contributed by atoms with van der Waals surface area (Å²) in [6.07, 6.45) is 8.51. The van der Waals surface area contributed by atoms with Gasteiger partial charge in [-0.05, 0) is 43.2 Å². The minimum Gasteiger partial charge on any atom is -0.451 e. The quantitative estimate of drug-likeness (QED) is 0.446. The van der Waals surface area contributed by atoms with Crippen molar-refractivity contribution in [3.05, 3.63) is 35.4 Å². The molecule has 1 aromatic carbocycles. The molecule has 0 bridgehead atoms. The Kier molecular flexibility index (Phi) is 5.46. The molecule has 0 amide bonds. The lowest BCUT2D eigenvalue weighted by Gasteiger charge is -2.41. The van der Waals surface area contributed by atoms with Crippen molar-refractivity contribution >= 4 is 12.3 Å². The van der Waals surface area contributed by atoms with Crippen LogP contribution in [0.4, 0.5) is 0 Å². The van der Waals surface area contributed by atoms with E-state index in [9.17, 15) is 4.79 Å². The maximum absolute atomic E-state index is 11.9. The van der Waals surface area contributed by atoms with Crippen molar-refractivity contribution in [2.75, 3.05) is 20.1 Å². The van der Waals surface area contributed by atoms with E-state index in [2.05, 4.69) is 34.2 Å². The molecule has 1 aromatic rings. The molecule has 3 aliphatic rings. The van der Waals surface area contributed by atoms with Crippen molar-refractivity contribution in [1.29, 1.82) is 0 Å². The molecule has 28 heavy (non-hydrogen) atoms. The molecule has 1 saturated heterocycles. The van der Waals surface area contributed by atoms with Gasteiger partial charge in [0.15, 0.2) is 11.9 Å². The predicted octanol–water partition coefficient (Wildman–Crippen LogP) is 4.05. The Morgan fingerprint density at radius 1 is 1.32 bits per heavy atom. The summed E-state index contributed by atoms with van der Waals surface area (Å²) in [5.41, 5.74) is 1.67. The Hall–Kier alpha value is -1.88. The molecule has 2 fully saturated rings. The van der Waals surface area contributed by atoms with Crippen LogP contribution in [0.2, 0.25) is 0 Å². The summed E-state index contributed by atoms with van der Waals surface area (Å²) < 4.78 is 12.5. The Balaban J connectivity index is 1.41. The summed E-state index contributed by atoms with van der Waals surface area (Å²) in [6.45, 7) is 4.25. The number of likely N-dealkylation sites (tertiary alicyclic amines) is 1. The lowest BCUT2D eigenvalue weighted by molar-refractivity contribution is -0.124. The highest BCUT2D eigenvalue weighted by atomic mass is 16.5. The van der Waals surface area contributed by atoms with Crippen molar-refractivity contribution in [1.82, 2.24) is 4.90 Å². The summed E-state index contributed by atoms with van der Waals surface area (Å²) in [6, 6.07) is 9.14. The molecule has 0 N–H and O–H groups in total. The number of hydrogen-bond donors (Lipinski definition) is 0. The van der Waals surface area contributed by atoms with E-state index < -0.39 is 5.60 Å². The van der Waals surface area contributed by atoms with Crippen LogP contribution in [0, 0.1) is 5.92 Å². The topological polar surface area (TPSA) is 51.1 Å². The summed E-state index contributed by atoms with van der Waals surface area (Å²) in [5, 5.41) is 0. The largest absolute Gasteiger partial charge is 0.451 e. The first kappa shape index (κ1) is 19.4. The number of benzene rings is 1. The molecule has 1 aliphatic carbocycles. The lowest BCUT2D eigenvalue weighted by Crippen LogP contribution is -2.48. The van der Waals surface area contributed by atoms with Gasteiger partial charge < -0.3 is 14.4 Å². The number of nitrogens with zero attached hydrogens (tertiary/aromatic N) is 2. The average molecular weight is 385 g/mol. The van der Waals surface area contributed by atoms with Crippen molar-refractivity contribution < 1.29 is 14.3 Å². The third-order valence-corrected chi connectivity index (χ3v) is 6.79. The van der Waals surface area contributed by atoms with Crippen LogP contribution >= 0.6 is 0 Å². The molecule has 2 aliphatic heterocycles. The zero-order valence-electron chi connectivity index (χ0n) is 17.2. The van der Waals surface area contributed by atoms with Gasteiger partial charge in [-0.25, -0.2) is 4.99 Å². The van der Waals surface area contributed by atoms with Crippen molar-refractivity contribution in [2.45, 2.75) is 69.7 Å². The van der Waals surface area contributed by atoms with E-state index in [1.807, 2.05) is 6.92 Å². The van der Waals surface area contributed by atoms with Gasteiger partial charge in [-0.3, -0.25) is 4.79 Å². The van der Waals surface area contributed by atoms with E-state index in [0.29, 0.717) is 18.5 Å². The maximum atomic E-state index is 11.9. The SMILES string of the molecule is C/N=C(\OC(C)(C=O)CC1CCCC1)N1CCC2(CC1)OCc1ccccc12. The highest BCUT2D eigenvalue weighted by Crippen LogP contribution is 2.44. The van der Waals surface area contributed by atoms with Gasteiger partial charge in [0.2, 0.25) is 0 Å². The van der Waals surface area contributed by atoms with Crippen LogP contribution in [0.3, 0.4) is 0 Å². The third-order valence-electron chi connectivity index (χ3n) is 6.79. The number of fused-ring (bicyclic) bond motifs is 2. The second kappa shape index (κ2) is 7.86. The zero-order valence-corrected chi connectivity index (χ0v) is 17.2. The van der Waals surface area contributed by atoms with E-state index in [0.717, 1.165) is 38.6 Å². The van der Waals surface area contributed by atoms with Gasteiger partial charge in [0, 0.05) is 20.1 Å². The van der Waals surface area contributed by atoms with Gasteiger partial charge in [-0.1, -0.05) is 49.9 Å². The highest BCUT2D eigenvalue weighted by Gasteiger charge is 2.44. The molecule has 152 valence electrons. The fourth-order valence-electron chi connectivity index (χ4n) is 5.22. The average Bonchev–Trinajstić information content (AvgIpc) is 3.36. The highest BCUT2D eigenvalue weighted by molar-refractivity contribution is 5.77. The minimum absolute atomic E-state index is 0.177. The van der Waals surface area contributed by atoms with E-state index >= 15 is 0 Å². The van der Waals surface area contributed by atoms with Gasteiger partial charge >= 0.3 is 0 Å². The van der Waals surface area contributed by atoms with E-state index in [4.69, 9.17) is 9.47 Å². The van der Waals surface area contributed by atoms with Crippen LogP contribution in [-0.2, 0) is 26.5 Å². The van der Waals surface area contributed by atoms with Crippen LogP contribution in [0.1, 0.15) is 63.0 Å². The molecule has 5 heteroatoms. The number of piperidine rings is 1. The summed E-state index contributed by atoms with van der Waals surface area (Å²) >= 11 is 0. The van der Waals surface area contributed by atoms with Gasteiger partial charge in [0.1, 0.15) is 0 Å². The van der Waals surface area contributed by atoms with Crippen LogP contribution in [0.25, 0.3) is 0 Å². The van der Waals surface area contributed by atoms with Crippen molar-refractivity contribution in [2.24, 2.45) is 10.9 Å². The molecule has 4 rings (SSSR count). The van der Waals surface area contributed by atoms with Gasteiger partial charge in [0.25, 0.3) is 6.02 Å². The first-order valence-electron chi connectivity index (χ1n) is 10.7. The van der Waals surface area contributed by atoms with Gasteiger partial charge in [0.05, 0.1) is 12.2 Å². The number of amidine groups is 1. The molecular formula is C23H32N2O3. The monoisotopic (exact) mass is 384 g/mol. The number of aliphatic imine (C=N–C) groups is 1. The Labute approximate surface area is 168 Å². The number of carbonyl (C=O) groups excluding carboxylic acids is 1. The van der Waals surface area contributed by atoms with Crippen molar-refractivity contribution in [3.63, 3.8) is 0 Å². The summed E-state index contributed by atoms with van der Waals surface area (Å²) in [5.74, 6) is 0.585. The van der Waals surface area contributed by atoms with E-state index in [1.165, 1.54) is 36.8 Å². The summed E-state index contributed by atoms with van der Waals surface area (Å²) in [7, 11) is 1.75. The van der Waals surface area contributed by atoms with Crippen LogP contribution in [0.5, 0.6) is 0 Å². The first-order valence-corrected chi connectivity index (χ1v) is 10.7. The molecule has 2 heterocycles. The number of aldehydes is 1. The summed E-state index contributed by atoms with van der Waals surface area (Å²) in [4.78, 5) is 18.4. The second-order valence-corrected chi connectivity index (χ2v) is 8.82. The number of ether oxygens (including phenoxy) is 2. The Morgan fingerprint density at radius 2 is 2.04 bits per heavy atom. The first-order chi connectivity index (χ1) is 13.6. The van der Waals surface area contributed by atoms with Gasteiger partial charge in [-0.15, -0.1) is 0 Å². The van der Waals surface area contributed by atoms with E-state index in [-0.39, 0.29) is 5.60 Å². The van der Waals surface area contributed by atoms with Crippen LogP contribution in [-0.4, -0.2) is 42.9 Å². The Morgan fingerprint density at radius 3 is 2.71 bits per heavy atom. The normalized spacial score (nSPS) is 24.2. The van der Waals surface area contributed by atoms with Crippen LogP contribution < -0.4 is 0 Å². The molecular weight excluding hydrogens is 352 g/mol. The second-order valence-electron chi connectivity index (χ2n) is 8.82. The number of carbonyl (C=O) groups is 1. The minimum atomic E-state index is -0.796. The van der Waals surface area contributed by atoms with Gasteiger partial charge in [-0.2, -0.15) is 0 Å². The molecule has 1 atom stereocenters. The van der Waals surface area contributed by atoms with E-state index in [1.54, 1.807) is 7.05 Å². The molecule has 0 aromatic heterocycles.